The third-order valence-corrected chi connectivity index (χ3v) is 6.35. The fourth-order valence-corrected chi connectivity index (χ4v) is 4.00. The predicted molar refractivity (Wildman–Crippen MR) is 97.9 cm³/mol. The van der Waals surface area contributed by atoms with E-state index in [0.717, 1.165) is 23.1 Å². The Bertz CT molecular complexity index is 1170. The molecular formula is C16H12Cl2O6S2. The van der Waals surface area contributed by atoms with E-state index in [9.17, 15) is 16.8 Å². The van der Waals surface area contributed by atoms with E-state index in [2.05, 4.69) is 0 Å². The second-order valence-electron chi connectivity index (χ2n) is 5.36. The zero-order valence-corrected chi connectivity index (χ0v) is 16.2. The molecule has 138 valence electrons. The summed E-state index contributed by atoms with van der Waals surface area (Å²) in [5, 5.41) is 0.724. The molecule has 4 rings (SSSR count). The first-order valence-electron chi connectivity index (χ1n) is 7.27. The van der Waals surface area contributed by atoms with Crippen molar-refractivity contribution in [2.75, 3.05) is 6.61 Å². The van der Waals surface area contributed by atoms with Crippen molar-refractivity contribution in [3.05, 3.63) is 54.3 Å². The lowest BCUT2D eigenvalue weighted by molar-refractivity contribution is 0.356. The number of fused-ring (bicyclic) bond motifs is 2. The molecule has 0 N–H and O–H groups in total. The van der Waals surface area contributed by atoms with Crippen molar-refractivity contribution in [2.24, 2.45) is 0 Å². The van der Waals surface area contributed by atoms with E-state index in [1.807, 2.05) is 0 Å². The fraction of sp³-hybridized carbons (Fsp3) is 0.125. The van der Waals surface area contributed by atoms with Gasteiger partial charge in [-0.15, -0.1) is 0 Å². The summed E-state index contributed by atoms with van der Waals surface area (Å²) in [5.41, 5.74) is 1.55. The van der Waals surface area contributed by atoms with Crippen LogP contribution in [0.5, 0.6) is 5.75 Å². The molecule has 26 heavy (non-hydrogen) atoms. The maximum atomic E-state index is 11.0. The first-order valence-corrected chi connectivity index (χ1v) is 11.9. The second kappa shape index (κ2) is 7.11. The van der Waals surface area contributed by atoms with Gasteiger partial charge in [-0.05, 0) is 48.0 Å². The summed E-state index contributed by atoms with van der Waals surface area (Å²) in [6.07, 6.45) is 2.24. The summed E-state index contributed by atoms with van der Waals surface area (Å²) >= 11 is 0. The first-order chi connectivity index (χ1) is 12.1. The number of hydrogen-bond acceptors (Lipinski definition) is 6. The van der Waals surface area contributed by atoms with Crippen molar-refractivity contribution < 1.29 is 26.0 Å². The Morgan fingerprint density at radius 3 is 2.19 bits per heavy atom. The van der Waals surface area contributed by atoms with E-state index in [1.165, 1.54) is 24.5 Å². The molecule has 0 bridgehead atoms. The molecule has 0 saturated carbocycles. The molecule has 2 heterocycles. The Morgan fingerprint density at radius 2 is 1.50 bits per heavy atom. The van der Waals surface area contributed by atoms with Crippen molar-refractivity contribution in [2.45, 2.75) is 16.2 Å². The van der Waals surface area contributed by atoms with Crippen molar-refractivity contribution in [1.82, 2.24) is 0 Å². The van der Waals surface area contributed by atoms with Crippen LogP contribution >= 0.6 is 21.4 Å². The molecule has 2 aromatic carbocycles. The summed E-state index contributed by atoms with van der Waals surface area (Å²) < 4.78 is 54.1. The molecule has 0 amide bonds. The fourth-order valence-electron chi connectivity index (χ4n) is 2.41. The summed E-state index contributed by atoms with van der Waals surface area (Å²) in [7, 11) is 3.11. The summed E-state index contributed by atoms with van der Waals surface area (Å²) in [4.78, 5) is 0.224. The lowest BCUT2D eigenvalue weighted by Gasteiger charge is -1.99. The quantitative estimate of drug-likeness (QED) is 0.567. The molecule has 0 atom stereocenters. The molecule has 10 heteroatoms. The predicted octanol–water partition coefficient (Wildman–Crippen LogP) is 3.91. The molecule has 0 saturated heterocycles. The molecule has 1 aliphatic heterocycles. The van der Waals surface area contributed by atoms with Crippen LogP contribution in [0.1, 0.15) is 5.56 Å². The molecule has 1 aliphatic rings. The minimum absolute atomic E-state index is 0.0862. The molecule has 1 aromatic heterocycles. The highest BCUT2D eigenvalue weighted by molar-refractivity contribution is 8.14. The van der Waals surface area contributed by atoms with Crippen LogP contribution in [0.2, 0.25) is 0 Å². The van der Waals surface area contributed by atoms with E-state index < -0.39 is 18.1 Å². The minimum Gasteiger partial charge on any atom is -0.493 e. The van der Waals surface area contributed by atoms with E-state index in [-0.39, 0.29) is 9.79 Å². The second-order valence-corrected chi connectivity index (χ2v) is 10.5. The van der Waals surface area contributed by atoms with Gasteiger partial charge in [-0.2, -0.15) is 0 Å². The standard InChI is InChI=1S/C8H7ClO3S.C8H5ClO3S/c2*9-13(10,11)7-1-2-8-6(5-7)3-4-12-8/h1-2,5H,3-4H2;1-5H. The van der Waals surface area contributed by atoms with E-state index in [4.69, 9.17) is 30.5 Å². The van der Waals surface area contributed by atoms with Gasteiger partial charge in [0.1, 0.15) is 11.3 Å². The van der Waals surface area contributed by atoms with Gasteiger partial charge in [0.15, 0.2) is 0 Å². The average molecular weight is 435 g/mol. The molecular weight excluding hydrogens is 423 g/mol. The molecule has 0 radical (unpaired) electrons. The SMILES string of the molecule is O=S(=O)(Cl)c1ccc2c(c1)CCO2.O=S(=O)(Cl)c1ccc2occc2c1. The van der Waals surface area contributed by atoms with Gasteiger partial charge in [0.2, 0.25) is 0 Å². The third kappa shape index (κ3) is 4.32. The lowest BCUT2D eigenvalue weighted by Crippen LogP contribution is -1.91. The van der Waals surface area contributed by atoms with Crippen molar-refractivity contribution in [1.29, 1.82) is 0 Å². The van der Waals surface area contributed by atoms with Crippen LogP contribution in [-0.2, 0) is 24.5 Å². The number of ether oxygens (including phenoxy) is 1. The van der Waals surface area contributed by atoms with E-state index in [0.29, 0.717) is 12.2 Å². The largest absolute Gasteiger partial charge is 0.493 e. The van der Waals surface area contributed by atoms with Gasteiger partial charge in [-0.3, -0.25) is 0 Å². The monoisotopic (exact) mass is 434 g/mol. The van der Waals surface area contributed by atoms with Crippen LogP contribution in [-0.4, -0.2) is 23.4 Å². The maximum absolute atomic E-state index is 11.0. The highest BCUT2D eigenvalue weighted by Crippen LogP contribution is 2.28. The van der Waals surface area contributed by atoms with Gasteiger partial charge >= 0.3 is 0 Å². The van der Waals surface area contributed by atoms with Crippen molar-refractivity contribution in [3.8, 4) is 5.75 Å². The number of furan rings is 1. The van der Waals surface area contributed by atoms with Crippen LogP contribution in [0.4, 0.5) is 0 Å². The highest BCUT2D eigenvalue weighted by Gasteiger charge is 2.16. The molecule has 0 unspecified atom stereocenters. The molecule has 0 spiro atoms. The average Bonchev–Trinajstić information content (AvgIpc) is 3.21. The van der Waals surface area contributed by atoms with Crippen molar-refractivity contribution >= 4 is 50.4 Å². The molecule has 0 fully saturated rings. The van der Waals surface area contributed by atoms with Gasteiger partial charge in [-0.25, -0.2) is 16.8 Å². The molecule has 6 nitrogen and oxygen atoms in total. The number of halogens is 2. The Morgan fingerprint density at radius 1 is 0.846 bits per heavy atom. The Hall–Kier alpha value is -1.74. The Balaban J connectivity index is 0.000000151. The molecule has 0 aliphatic carbocycles. The zero-order valence-electron chi connectivity index (χ0n) is 13.1. The summed E-state index contributed by atoms with van der Waals surface area (Å²) in [6, 6.07) is 10.8. The van der Waals surface area contributed by atoms with Crippen LogP contribution < -0.4 is 4.74 Å². The van der Waals surface area contributed by atoms with Gasteiger partial charge in [0.25, 0.3) is 18.1 Å². The van der Waals surface area contributed by atoms with Gasteiger partial charge in [0, 0.05) is 33.2 Å². The van der Waals surface area contributed by atoms with Gasteiger partial charge in [-0.1, -0.05) is 0 Å². The van der Waals surface area contributed by atoms with Crippen LogP contribution in [0, 0.1) is 0 Å². The van der Waals surface area contributed by atoms with Crippen LogP contribution in [0.25, 0.3) is 11.0 Å². The van der Waals surface area contributed by atoms with Crippen LogP contribution in [0.15, 0.2) is 62.9 Å². The lowest BCUT2D eigenvalue weighted by atomic mass is 10.2. The van der Waals surface area contributed by atoms with E-state index >= 15 is 0 Å². The van der Waals surface area contributed by atoms with Crippen molar-refractivity contribution in [3.63, 3.8) is 0 Å². The normalized spacial score (nSPS) is 13.6. The third-order valence-electron chi connectivity index (χ3n) is 3.65. The van der Waals surface area contributed by atoms with Crippen LogP contribution in [0.3, 0.4) is 0 Å². The number of rotatable bonds is 2. The van der Waals surface area contributed by atoms with Gasteiger partial charge < -0.3 is 9.15 Å². The summed E-state index contributed by atoms with van der Waals surface area (Å²) in [6.45, 7) is 0.612. The van der Waals surface area contributed by atoms with E-state index in [1.54, 1.807) is 24.3 Å². The number of benzene rings is 2. The first kappa shape index (κ1) is 19.0. The van der Waals surface area contributed by atoms with Gasteiger partial charge in [0.05, 0.1) is 22.7 Å². The Labute approximate surface area is 159 Å². The minimum atomic E-state index is -3.64. The maximum Gasteiger partial charge on any atom is 0.261 e. The Kier molecular flexibility index (Phi) is 5.21. The zero-order chi connectivity index (χ0) is 18.9. The summed E-state index contributed by atoms with van der Waals surface area (Å²) in [5.74, 6) is 0.754. The number of hydrogen-bond donors (Lipinski definition) is 0. The smallest absolute Gasteiger partial charge is 0.261 e. The highest BCUT2D eigenvalue weighted by atomic mass is 35.7. The topological polar surface area (TPSA) is 90.7 Å². The molecule has 3 aromatic rings.